The summed E-state index contributed by atoms with van der Waals surface area (Å²) in [7, 11) is -3.84. The Balaban J connectivity index is 0.00000280. The van der Waals surface area contributed by atoms with Crippen LogP contribution in [0.4, 0.5) is 10.1 Å². The number of nitrogens with zero attached hydrogens (tertiary/aromatic N) is 1. The summed E-state index contributed by atoms with van der Waals surface area (Å²) in [6, 6.07) is 9.84. The molecule has 28 heavy (non-hydrogen) atoms. The van der Waals surface area contributed by atoms with E-state index in [0.29, 0.717) is 29.9 Å². The summed E-state index contributed by atoms with van der Waals surface area (Å²) >= 11 is 0. The summed E-state index contributed by atoms with van der Waals surface area (Å²) in [4.78, 5) is 14.4. The van der Waals surface area contributed by atoms with Crippen molar-refractivity contribution in [3.63, 3.8) is 0 Å². The maximum atomic E-state index is 13.2. The first-order valence-corrected chi connectivity index (χ1v) is 10.2. The molecule has 6 nitrogen and oxygen atoms in total. The van der Waals surface area contributed by atoms with Crippen LogP contribution >= 0.6 is 12.4 Å². The van der Waals surface area contributed by atoms with Gasteiger partial charge in [-0.05, 0) is 67.9 Å². The number of rotatable bonds is 4. The molecule has 0 unspecified atom stereocenters. The van der Waals surface area contributed by atoms with Crippen molar-refractivity contribution in [3.8, 4) is 0 Å². The SMILES string of the molecule is Cc1cc(F)ccc1S(=O)(=O)Nc1ccc(C(=O)N2CCCNCC2)cc1.Cl. The van der Waals surface area contributed by atoms with Crippen LogP contribution in [-0.2, 0) is 10.0 Å². The van der Waals surface area contributed by atoms with Gasteiger partial charge in [-0.1, -0.05) is 0 Å². The number of benzene rings is 2. The molecule has 0 spiro atoms. The normalized spacial score (nSPS) is 14.7. The number of hydrogen-bond acceptors (Lipinski definition) is 4. The molecule has 1 aliphatic rings. The van der Waals surface area contributed by atoms with Crippen molar-refractivity contribution in [1.29, 1.82) is 0 Å². The number of halogens is 2. The Morgan fingerprint density at radius 1 is 1.11 bits per heavy atom. The van der Waals surface area contributed by atoms with Crippen LogP contribution < -0.4 is 10.0 Å². The highest BCUT2D eigenvalue weighted by atomic mass is 35.5. The molecule has 0 radical (unpaired) electrons. The zero-order valence-electron chi connectivity index (χ0n) is 15.4. The van der Waals surface area contributed by atoms with Crippen molar-refractivity contribution in [2.75, 3.05) is 30.9 Å². The lowest BCUT2D eigenvalue weighted by Gasteiger charge is -2.20. The quantitative estimate of drug-likeness (QED) is 0.786. The lowest BCUT2D eigenvalue weighted by Crippen LogP contribution is -2.34. The fraction of sp³-hybridized carbons (Fsp3) is 0.316. The molecule has 2 aromatic rings. The minimum Gasteiger partial charge on any atom is -0.337 e. The van der Waals surface area contributed by atoms with Crippen molar-refractivity contribution < 1.29 is 17.6 Å². The fourth-order valence-corrected chi connectivity index (χ4v) is 4.32. The van der Waals surface area contributed by atoms with Crippen LogP contribution in [0.25, 0.3) is 0 Å². The van der Waals surface area contributed by atoms with E-state index in [2.05, 4.69) is 10.0 Å². The van der Waals surface area contributed by atoms with Gasteiger partial charge in [-0.2, -0.15) is 0 Å². The first-order valence-electron chi connectivity index (χ1n) is 8.76. The molecule has 0 saturated carbocycles. The molecule has 9 heteroatoms. The van der Waals surface area contributed by atoms with Gasteiger partial charge in [0.25, 0.3) is 15.9 Å². The van der Waals surface area contributed by atoms with E-state index < -0.39 is 15.8 Å². The topological polar surface area (TPSA) is 78.5 Å². The lowest BCUT2D eigenvalue weighted by atomic mass is 10.2. The predicted octanol–water partition coefficient (Wildman–Crippen LogP) is 2.79. The summed E-state index contributed by atoms with van der Waals surface area (Å²) in [6.45, 7) is 4.55. The van der Waals surface area contributed by atoms with Crippen molar-refractivity contribution in [1.82, 2.24) is 10.2 Å². The summed E-state index contributed by atoms with van der Waals surface area (Å²) in [5.74, 6) is -0.555. The number of carbonyl (C=O) groups is 1. The summed E-state index contributed by atoms with van der Waals surface area (Å²) in [5, 5.41) is 3.25. The van der Waals surface area contributed by atoms with E-state index in [-0.39, 0.29) is 23.2 Å². The molecular formula is C19H23ClFN3O3S. The van der Waals surface area contributed by atoms with Gasteiger partial charge in [0.05, 0.1) is 4.90 Å². The van der Waals surface area contributed by atoms with Crippen molar-refractivity contribution in [2.45, 2.75) is 18.2 Å². The number of anilines is 1. The zero-order valence-corrected chi connectivity index (χ0v) is 17.1. The molecule has 1 saturated heterocycles. The summed E-state index contributed by atoms with van der Waals surface area (Å²) in [5.41, 5.74) is 1.18. The molecule has 2 N–H and O–H groups in total. The standard InChI is InChI=1S/C19H22FN3O3S.ClH/c1-14-13-16(20)5-8-18(14)27(25,26)22-17-6-3-15(4-7-17)19(24)23-11-2-9-21-10-12-23;/h3-8,13,21-22H,2,9-12H2,1H3;1H. The van der Waals surface area contributed by atoms with Crippen LogP contribution in [0.5, 0.6) is 0 Å². The van der Waals surface area contributed by atoms with Gasteiger partial charge in [0, 0.05) is 30.9 Å². The molecule has 0 aliphatic carbocycles. The van der Waals surface area contributed by atoms with Gasteiger partial charge < -0.3 is 10.2 Å². The Labute approximate surface area is 170 Å². The molecule has 0 atom stereocenters. The van der Waals surface area contributed by atoms with Crippen LogP contribution in [0.2, 0.25) is 0 Å². The van der Waals surface area contributed by atoms with Crippen molar-refractivity contribution in [3.05, 3.63) is 59.4 Å². The molecule has 2 aromatic carbocycles. The highest BCUT2D eigenvalue weighted by Crippen LogP contribution is 2.21. The fourth-order valence-electron chi connectivity index (χ4n) is 3.04. The number of aryl methyl sites for hydroxylation is 1. The van der Waals surface area contributed by atoms with Gasteiger partial charge in [-0.3, -0.25) is 9.52 Å². The molecule has 1 aliphatic heterocycles. The first-order chi connectivity index (χ1) is 12.9. The Morgan fingerprint density at radius 3 is 2.50 bits per heavy atom. The largest absolute Gasteiger partial charge is 0.337 e. The van der Waals surface area contributed by atoms with Crippen LogP contribution in [0.1, 0.15) is 22.3 Å². The second-order valence-corrected chi connectivity index (χ2v) is 8.14. The van der Waals surface area contributed by atoms with Gasteiger partial charge in [-0.25, -0.2) is 12.8 Å². The van der Waals surface area contributed by atoms with E-state index in [9.17, 15) is 17.6 Å². The zero-order chi connectivity index (χ0) is 19.4. The Bertz CT molecular complexity index is 928. The van der Waals surface area contributed by atoms with Gasteiger partial charge in [0.15, 0.2) is 0 Å². The number of carbonyl (C=O) groups excluding carboxylic acids is 1. The Kier molecular flexibility index (Phi) is 7.40. The third-order valence-electron chi connectivity index (χ3n) is 4.44. The molecule has 0 bridgehead atoms. The first kappa shape index (κ1) is 22.1. The summed E-state index contributed by atoms with van der Waals surface area (Å²) in [6.07, 6.45) is 0.903. The van der Waals surface area contributed by atoms with Crippen LogP contribution in [0.15, 0.2) is 47.4 Å². The van der Waals surface area contributed by atoms with Gasteiger partial charge in [0.1, 0.15) is 5.82 Å². The number of nitrogens with one attached hydrogen (secondary N) is 2. The molecule has 1 fully saturated rings. The van der Waals surface area contributed by atoms with Gasteiger partial charge in [-0.15, -0.1) is 12.4 Å². The number of amides is 1. The van der Waals surface area contributed by atoms with E-state index in [0.717, 1.165) is 25.6 Å². The third-order valence-corrected chi connectivity index (χ3v) is 5.98. The monoisotopic (exact) mass is 427 g/mol. The van der Waals surface area contributed by atoms with Crippen LogP contribution in [0, 0.1) is 12.7 Å². The smallest absolute Gasteiger partial charge is 0.262 e. The number of sulfonamides is 1. The molecular weight excluding hydrogens is 405 g/mol. The van der Waals surface area contributed by atoms with Crippen molar-refractivity contribution in [2.24, 2.45) is 0 Å². The van der Waals surface area contributed by atoms with Crippen molar-refractivity contribution >= 4 is 34.0 Å². The average Bonchev–Trinajstić information content (AvgIpc) is 2.90. The molecule has 0 aromatic heterocycles. The van der Waals surface area contributed by atoms with Crippen LogP contribution in [-0.4, -0.2) is 45.4 Å². The minimum absolute atomic E-state index is 0. The minimum atomic E-state index is -3.84. The molecule has 3 rings (SSSR count). The van der Waals surface area contributed by atoms with E-state index in [4.69, 9.17) is 0 Å². The second kappa shape index (κ2) is 9.36. The highest BCUT2D eigenvalue weighted by Gasteiger charge is 2.19. The van der Waals surface area contributed by atoms with Gasteiger partial charge in [0.2, 0.25) is 0 Å². The van der Waals surface area contributed by atoms with E-state index in [1.165, 1.54) is 19.1 Å². The van der Waals surface area contributed by atoms with Crippen LogP contribution in [0.3, 0.4) is 0 Å². The summed E-state index contributed by atoms with van der Waals surface area (Å²) < 4.78 is 40.7. The molecule has 1 heterocycles. The number of hydrogen-bond donors (Lipinski definition) is 2. The highest BCUT2D eigenvalue weighted by molar-refractivity contribution is 7.92. The molecule has 152 valence electrons. The lowest BCUT2D eigenvalue weighted by molar-refractivity contribution is 0.0766. The maximum absolute atomic E-state index is 13.2. The Morgan fingerprint density at radius 2 is 1.82 bits per heavy atom. The second-order valence-electron chi connectivity index (χ2n) is 6.49. The van der Waals surface area contributed by atoms with E-state index >= 15 is 0 Å². The Hall–Kier alpha value is -2.16. The average molecular weight is 428 g/mol. The van der Waals surface area contributed by atoms with E-state index in [1.54, 1.807) is 29.2 Å². The third kappa shape index (κ3) is 5.21. The predicted molar refractivity (Wildman–Crippen MR) is 109 cm³/mol. The van der Waals surface area contributed by atoms with Gasteiger partial charge >= 0.3 is 0 Å². The maximum Gasteiger partial charge on any atom is 0.262 e. The molecule has 1 amide bonds. The van der Waals surface area contributed by atoms with E-state index in [1.807, 2.05) is 0 Å².